The second-order valence-electron chi connectivity index (χ2n) is 8.25. The number of aliphatic hydroxyl groups is 1. The van der Waals surface area contributed by atoms with Gasteiger partial charge in [0.05, 0.1) is 19.8 Å². The van der Waals surface area contributed by atoms with Gasteiger partial charge in [-0.15, -0.1) is 0 Å². The van der Waals surface area contributed by atoms with Gasteiger partial charge < -0.3 is 14.6 Å². The maximum Gasteiger partial charge on any atom is 0.410 e. The van der Waals surface area contributed by atoms with E-state index in [4.69, 9.17) is 9.47 Å². The lowest BCUT2D eigenvalue weighted by Gasteiger charge is -2.47. The van der Waals surface area contributed by atoms with Crippen LogP contribution in [0.2, 0.25) is 0 Å². The summed E-state index contributed by atoms with van der Waals surface area (Å²) in [4.78, 5) is 14.9. The Morgan fingerprint density at radius 3 is 2.06 bits per heavy atom. The Kier molecular flexibility index (Phi) is 5.22. The quantitative estimate of drug-likeness (QED) is 0.656. The number of ether oxygens (including phenoxy) is 2. The second-order valence-corrected chi connectivity index (χ2v) is 8.25. The van der Waals surface area contributed by atoms with Crippen LogP contribution in [0.4, 0.5) is 4.79 Å². The molecule has 0 unspecified atom stereocenters. The van der Waals surface area contributed by atoms with Gasteiger partial charge in [-0.1, -0.05) is 78.9 Å². The zero-order valence-corrected chi connectivity index (χ0v) is 17.2. The van der Waals surface area contributed by atoms with Crippen molar-refractivity contribution in [2.45, 2.75) is 18.0 Å². The van der Waals surface area contributed by atoms with Crippen molar-refractivity contribution in [1.82, 2.24) is 4.90 Å². The molecule has 31 heavy (non-hydrogen) atoms. The Balaban J connectivity index is 1.38. The van der Waals surface area contributed by atoms with Crippen molar-refractivity contribution in [3.8, 4) is 11.1 Å². The highest BCUT2D eigenvalue weighted by Crippen LogP contribution is 2.44. The Labute approximate surface area is 181 Å². The van der Waals surface area contributed by atoms with E-state index in [0.717, 1.165) is 5.56 Å². The number of nitrogens with zero attached hydrogens (tertiary/aromatic N) is 1. The van der Waals surface area contributed by atoms with Crippen LogP contribution in [0, 0.1) is 0 Å². The van der Waals surface area contributed by atoms with E-state index in [0.29, 0.717) is 19.8 Å². The summed E-state index contributed by atoms with van der Waals surface area (Å²) in [5.41, 5.74) is 4.98. The van der Waals surface area contributed by atoms with Gasteiger partial charge in [0.2, 0.25) is 0 Å². The third-order valence-corrected chi connectivity index (χ3v) is 6.35. The molecule has 0 spiro atoms. The Hall–Kier alpha value is -3.15. The van der Waals surface area contributed by atoms with E-state index in [9.17, 15) is 9.90 Å². The van der Waals surface area contributed by atoms with Crippen LogP contribution in [-0.4, -0.2) is 48.1 Å². The van der Waals surface area contributed by atoms with Crippen LogP contribution in [0.25, 0.3) is 11.1 Å². The number of benzene rings is 3. The molecule has 0 radical (unpaired) electrons. The molecule has 1 N–H and O–H groups in total. The first-order valence-corrected chi connectivity index (χ1v) is 10.6. The van der Waals surface area contributed by atoms with Gasteiger partial charge in [-0.25, -0.2) is 4.79 Å². The molecule has 0 atom stereocenters. The molecule has 1 aliphatic heterocycles. The molecule has 0 aromatic heterocycles. The predicted octanol–water partition coefficient (Wildman–Crippen LogP) is 4.20. The number of amides is 1. The van der Waals surface area contributed by atoms with Gasteiger partial charge in [0, 0.05) is 12.5 Å². The molecule has 0 saturated carbocycles. The van der Waals surface area contributed by atoms with Crippen LogP contribution in [0.1, 0.15) is 22.6 Å². The second kappa shape index (κ2) is 8.17. The predicted molar refractivity (Wildman–Crippen MR) is 118 cm³/mol. The average Bonchev–Trinajstić information content (AvgIpc) is 3.11. The van der Waals surface area contributed by atoms with Crippen molar-refractivity contribution in [2.24, 2.45) is 0 Å². The van der Waals surface area contributed by atoms with Crippen molar-refractivity contribution < 1.29 is 19.4 Å². The fourth-order valence-electron chi connectivity index (χ4n) is 4.53. The van der Waals surface area contributed by atoms with Gasteiger partial charge in [-0.2, -0.15) is 0 Å². The summed E-state index contributed by atoms with van der Waals surface area (Å²) in [6, 6.07) is 26.3. The first-order chi connectivity index (χ1) is 15.2. The van der Waals surface area contributed by atoms with Crippen LogP contribution in [0.3, 0.4) is 0 Å². The molecule has 5 rings (SSSR count). The third-order valence-electron chi connectivity index (χ3n) is 6.35. The smallest absolute Gasteiger partial charge is 0.410 e. The molecule has 1 amide bonds. The van der Waals surface area contributed by atoms with E-state index in [1.54, 1.807) is 4.90 Å². The summed E-state index contributed by atoms with van der Waals surface area (Å²) in [6.07, 6.45) is -0.428. The number of fused-ring (bicyclic) bond motifs is 3. The fourth-order valence-corrected chi connectivity index (χ4v) is 4.53. The van der Waals surface area contributed by atoms with Crippen molar-refractivity contribution in [1.29, 1.82) is 0 Å². The Morgan fingerprint density at radius 2 is 1.52 bits per heavy atom. The van der Waals surface area contributed by atoms with Crippen LogP contribution < -0.4 is 0 Å². The minimum absolute atomic E-state index is 0.00218. The number of hydrogen-bond donors (Lipinski definition) is 1. The van der Waals surface area contributed by atoms with Crippen LogP contribution in [0.15, 0.2) is 78.9 Å². The fraction of sp³-hybridized carbons (Fsp3) is 0.269. The lowest BCUT2D eigenvalue weighted by molar-refractivity contribution is -0.153. The van der Waals surface area contributed by atoms with E-state index >= 15 is 0 Å². The van der Waals surface area contributed by atoms with E-state index in [1.807, 2.05) is 54.6 Å². The highest BCUT2D eigenvalue weighted by atomic mass is 16.6. The molecular weight excluding hydrogens is 390 g/mol. The standard InChI is InChI=1S/C26H25NO4/c28-16-26(17-30-18-26)27(14-19-8-2-1-3-9-19)25(29)31-15-24-22-12-6-4-10-20(22)21-11-5-7-13-23(21)24/h1-13,24,28H,14-18H2. The molecule has 0 bridgehead atoms. The van der Waals surface area contributed by atoms with Crippen molar-refractivity contribution >= 4 is 6.09 Å². The zero-order valence-electron chi connectivity index (χ0n) is 17.2. The molecule has 1 aliphatic carbocycles. The SMILES string of the molecule is O=C(OCC1c2ccccc2-c2ccccc21)N(Cc1ccccc1)C1(CO)COC1. The summed E-state index contributed by atoms with van der Waals surface area (Å²) < 4.78 is 11.2. The van der Waals surface area contributed by atoms with Gasteiger partial charge in [0.25, 0.3) is 0 Å². The minimum Gasteiger partial charge on any atom is -0.448 e. The first kappa shape index (κ1) is 19.8. The molecule has 1 heterocycles. The summed E-state index contributed by atoms with van der Waals surface area (Å²) in [5, 5.41) is 10.0. The number of carbonyl (C=O) groups excluding carboxylic acids is 1. The molecule has 5 nitrogen and oxygen atoms in total. The number of hydrogen-bond acceptors (Lipinski definition) is 4. The molecular formula is C26H25NO4. The Bertz CT molecular complexity index is 1030. The van der Waals surface area contributed by atoms with Crippen molar-refractivity contribution in [3.05, 3.63) is 95.6 Å². The molecule has 1 saturated heterocycles. The van der Waals surface area contributed by atoms with Crippen LogP contribution >= 0.6 is 0 Å². The van der Waals surface area contributed by atoms with E-state index in [2.05, 4.69) is 24.3 Å². The number of aliphatic hydroxyl groups excluding tert-OH is 1. The van der Waals surface area contributed by atoms with Crippen LogP contribution in [-0.2, 0) is 16.0 Å². The van der Waals surface area contributed by atoms with Gasteiger partial charge >= 0.3 is 6.09 Å². The summed E-state index contributed by atoms with van der Waals surface area (Å²) in [5.74, 6) is -0.00218. The molecule has 3 aromatic carbocycles. The molecule has 3 aromatic rings. The molecule has 158 valence electrons. The third kappa shape index (κ3) is 3.50. The zero-order chi connectivity index (χ0) is 21.3. The maximum atomic E-state index is 13.3. The normalized spacial score (nSPS) is 16.2. The summed E-state index contributed by atoms with van der Waals surface area (Å²) in [6.45, 7) is 1.06. The Morgan fingerprint density at radius 1 is 0.935 bits per heavy atom. The monoisotopic (exact) mass is 415 g/mol. The van der Waals surface area contributed by atoms with Gasteiger partial charge in [0.1, 0.15) is 12.1 Å². The maximum absolute atomic E-state index is 13.3. The minimum atomic E-state index is -0.738. The molecule has 1 fully saturated rings. The van der Waals surface area contributed by atoms with E-state index in [-0.39, 0.29) is 19.1 Å². The topological polar surface area (TPSA) is 59.0 Å². The lowest BCUT2D eigenvalue weighted by Crippen LogP contribution is -2.66. The molecule has 2 aliphatic rings. The van der Waals surface area contributed by atoms with E-state index < -0.39 is 11.6 Å². The lowest BCUT2D eigenvalue weighted by atomic mass is 9.95. The first-order valence-electron chi connectivity index (χ1n) is 10.6. The molecule has 5 heteroatoms. The number of rotatable bonds is 6. The highest BCUT2D eigenvalue weighted by Gasteiger charge is 2.47. The summed E-state index contributed by atoms with van der Waals surface area (Å²) >= 11 is 0. The largest absolute Gasteiger partial charge is 0.448 e. The van der Waals surface area contributed by atoms with Crippen molar-refractivity contribution in [3.63, 3.8) is 0 Å². The van der Waals surface area contributed by atoms with Gasteiger partial charge in [0.15, 0.2) is 0 Å². The van der Waals surface area contributed by atoms with Gasteiger partial charge in [-0.05, 0) is 27.8 Å². The van der Waals surface area contributed by atoms with Gasteiger partial charge in [-0.3, -0.25) is 4.90 Å². The number of carbonyl (C=O) groups is 1. The van der Waals surface area contributed by atoms with Crippen LogP contribution in [0.5, 0.6) is 0 Å². The van der Waals surface area contributed by atoms with E-state index in [1.165, 1.54) is 22.3 Å². The summed E-state index contributed by atoms with van der Waals surface area (Å²) in [7, 11) is 0. The van der Waals surface area contributed by atoms with Crippen molar-refractivity contribution in [2.75, 3.05) is 26.4 Å². The highest BCUT2D eigenvalue weighted by molar-refractivity contribution is 5.79. The average molecular weight is 415 g/mol.